The van der Waals surface area contributed by atoms with Crippen molar-refractivity contribution in [1.29, 1.82) is 0 Å². The molecule has 2 aromatic carbocycles. The molecule has 0 spiro atoms. The molecule has 8 heteroatoms. The fourth-order valence-corrected chi connectivity index (χ4v) is 5.43. The maximum Gasteiger partial charge on any atom is 0.261 e. The molecule has 3 heterocycles. The Kier molecular flexibility index (Phi) is 7.88. The number of benzene rings is 2. The van der Waals surface area contributed by atoms with Gasteiger partial charge in [-0.3, -0.25) is 14.2 Å². The van der Waals surface area contributed by atoms with E-state index in [1.807, 2.05) is 30.3 Å². The van der Waals surface area contributed by atoms with Gasteiger partial charge < -0.3 is 15.1 Å². The molecule has 1 N–H and O–H groups in total. The zero-order valence-corrected chi connectivity index (χ0v) is 22.3. The third-order valence-electron chi connectivity index (χ3n) is 7.70. The Morgan fingerprint density at radius 3 is 2.53 bits per heavy atom. The van der Waals surface area contributed by atoms with Crippen LogP contribution in [0.25, 0.3) is 22.6 Å². The molecule has 1 saturated heterocycles. The molecule has 3 aromatic rings. The first-order valence-electron chi connectivity index (χ1n) is 13.8. The number of hydrogen-bond acceptors (Lipinski definition) is 5. The molecule has 0 radical (unpaired) electrons. The van der Waals surface area contributed by atoms with E-state index in [0.29, 0.717) is 41.8 Å². The molecule has 0 atom stereocenters. The SMILES string of the molecule is CCN(CC)CCC(=O)Nc1ccc(/C=C2\CCn3c2nc2cc(N4CCCCC4)c(F)cc2c3=O)cc1. The van der Waals surface area contributed by atoms with E-state index >= 15 is 0 Å². The van der Waals surface area contributed by atoms with Crippen LogP contribution in [-0.2, 0) is 11.3 Å². The number of hydrogen-bond donors (Lipinski definition) is 1. The smallest absolute Gasteiger partial charge is 0.261 e. The van der Waals surface area contributed by atoms with Gasteiger partial charge in [0.25, 0.3) is 5.56 Å². The highest BCUT2D eigenvalue weighted by Gasteiger charge is 2.23. The molecule has 0 bridgehead atoms. The number of nitrogens with zero attached hydrogens (tertiary/aromatic N) is 4. The number of amides is 1. The monoisotopic (exact) mass is 517 g/mol. The van der Waals surface area contributed by atoms with E-state index in [1.54, 1.807) is 10.6 Å². The number of carbonyl (C=O) groups is 1. The average molecular weight is 518 g/mol. The van der Waals surface area contributed by atoms with Gasteiger partial charge in [0.1, 0.15) is 11.6 Å². The molecule has 38 heavy (non-hydrogen) atoms. The summed E-state index contributed by atoms with van der Waals surface area (Å²) in [6.07, 6.45) is 6.44. The summed E-state index contributed by atoms with van der Waals surface area (Å²) in [5.41, 5.74) is 3.59. The van der Waals surface area contributed by atoms with Crippen LogP contribution in [-0.4, -0.2) is 53.1 Å². The number of piperidine rings is 1. The number of allylic oxidation sites excluding steroid dienone is 1. The van der Waals surface area contributed by atoms with Crippen LogP contribution in [0, 0.1) is 5.82 Å². The lowest BCUT2D eigenvalue weighted by atomic mass is 10.1. The minimum Gasteiger partial charge on any atom is -0.369 e. The number of aromatic nitrogens is 2. The van der Waals surface area contributed by atoms with Crippen molar-refractivity contribution >= 4 is 39.8 Å². The van der Waals surface area contributed by atoms with E-state index in [4.69, 9.17) is 4.98 Å². The number of rotatable bonds is 8. The van der Waals surface area contributed by atoms with Gasteiger partial charge in [-0.1, -0.05) is 26.0 Å². The molecular formula is C30H36FN5O2. The van der Waals surface area contributed by atoms with E-state index in [1.165, 1.54) is 6.07 Å². The molecule has 2 aliphatic rings. The highest BCUT2D eigenvalue weighted by molar-refractivity contribution is 5.91. The molecule has 0 aliphatic carbocycles. The van der Waals surface area contributed by atoms with Gasteiger partial charge >= 0.3 is 0 Å². The Morgan fingerprint density at radius 1 is 1.08 bits per heavy atom. The highest BCUT2D eigenvalue weighted by Crippen LogP contribution is 2.31. The number of nitrogens with one attached hydrogen (secondary N) is 1. The molecule has 0 unspecified atom stereocenters. The molecule has 200 valence electrons. The number of fused-ring (bicyclic) bond motifs is 2. The maximum atomic E-state index is 15.0. The van der Waals surface area contributed by atoms with Crippen LogP contribution < -0.4 is 15.8 Å². The molecule has 0 saturated carbocycles. The van der Waals surface area contributed by atoms with Gasteiger partial charge in [-0.15, -0.1) is 0 Å². The first kappa shape index (κ1) is 26.1. The minimum absolute atomic E-state index is 0.00328. The van der Waals surface area contributed by atoms with Crippen LogP contribution in [0.4, 0.5) is 15.8 Å². The highest BCUT2D eigenvalue weighted by atomic mass is 19.1. The molecule has 5 rings (SSSR count). The number of halogens is 1. The van der Waals surface area contributed by atoms with Gasteiger partial charge in [0.15, 0.2) is 0 Å². The van der Waals surface area contributed by atoms with Crippen LogP contribution in [0.3, 0.4) is 0 Å². The molecule has 1 amide bonds. The van der Waals surface area contributed by atoms with Crippen molar-refractivity contribution in [3.8, 4) is 0 Å². The largest absolute Gasteiger partial charge is 0.369 e. The quantitative estimate of drug-likeness (QED) is 0.448. The van der Waals surface area contributed by atoms with Crippen LogP contribution >= 0.6 is 0 Å². The van der Waals surface area contributed by atoms with Crippen molar-refractivity contribution in [3.05, 3.63) is 64.0 Å². The van der Waals surface area contributed by atoms with Crippen molar-refractivity contribution in [1.82, 2.24) is 14.5 Å². The zero-order chi connectivity index (χ0) is 26.6. The van der Waals surface area contributed by atoms with Gasteiger partial charge in [0.05, 0.1) is 16.6 Å². The third-order valence-corrected chi connectivity index (χ3v) is 7.70. The molecule has 7 nitrogen and oxygen atoms in total. The lowest BCUT2D eigenvalue weighted by molar-refractivity contribution is -0.116. The van der Waals surface area contributed by atoms with Gasteiger partial charge in [-0.25, -0.2) is 9.37 Å². The summed E-state index contributed by atoms with van der Waals surface area (Å²) < 4.78 is 16.6. The lowest BCUT2D eigenvalue weighted by Gasteiger charge is -2.29. The van der Waals surface area contributed by atoms with Crippen LogP contribution in [0.2, 0.25) is 0 Å². The van der Waals surface area contributed by atoms with Gasteiger partial charge in [-0.05, 0) is 80.3 Å². The van der Waals surface area contributed by atoms with Gasteiger partial charge in [-0.2, -0.15) is 0 Å². The van der Waals surface area contributed by atoms with E-state index in [2.05, 4.69) is 29.0 Å². The second kappa shape index (κ2) is 11.5. The Balaban J connectivity index is 1.36. The third kappa shape index (κ3) is 5.50. The van der Waals surface area contributed by atoms with Crippen LogP contribution in [0.1, 0.15) is 57.3 Å². The van der Waals surface area contributed by atoms with E-state index in [-0.39, 0.29) is 17.3 Å². The predicted octanol–water partition coefficient (Wildman–Crippen LogP) is 5.14. The van der Waals surface area contributed by atoms with Crippen molar-refractivity contribution < 1.29 is 9.18 Å². The molecule has 1 aromatic heterocycles. The van der Waals surface area contributed by atoms with Crippen molar-refractivity contribution in [2.24, 2.45) is 0 Å². The van der Waals surface area contributed by atoms with Crippen LogP contribution in [0.5, 0.6) is 0 Å². The van der Waals surface area contributed by atoms with Crippen molar-refractivity contribution in [2.45, 2.75) is 52.5 Å². The van der Waals surface area contributed by atoms with E-state index < -0.39 is 0 Å². The summed E-state index contributed by atoms with van der Waals surface area (Å²) in [4.78, 5) is 34.7. The summed E-state index contributed by atoms with van der Waals surface area (Å²) in [6.45, 7) is 8.98. The van der Waals surface area contributed by atoms with Crippen molar-refractivity contribution in [3.63, 3.8) is 0 Å². The zero-order valence-electron chi connectivity index (χ0n) is 22.3. The first-order valence-corrected chi connectivity index (χ1v) is 13.8. The number of anilines is 2. The summed E-state index contributed by atoms with van der Waals surface area (Å²) >= 11 is 0. The molecule has 1 fully saturated rings. The molecular weight excluding hydrogens is 481 g/mol. The van der Waals surface area contributed by atoms with Gasteiger partial charge in [0, 0.05) is 38.3 Å². The lowest BCUT2D eigenvalue weighted by Crippen LogP contribution is -2.30. The first-order chi connectivity index (χ1) is 18.5. The fraction of sp³-hybridized carbons (Fsp3) is 0.433. The predicted molar refractivity (Wildman–Crippen MR) is 152 cm³/mol. The van der Waals surface area contributed by atoms with Crippen LogP contribution in [0.15, 0.2) is 41.2 Å². The summed E-state index contributed by atoms with van der Waals surface area (Å²) in [7, 11) is 0. The Labute approximate surface area is 223 Å². The van der Waals surface area contributed by atoms with E-state index in [9.17, 15) is 14.0 Å². The Morgan fingerprint density at radius 2 is 1.82 bits per heavy atom. The normalized spacial score (nSPS) is 16.4. The van der Waals surface area contributed by atoms with Gasteiger partial charge in [0.2, 0.25) is 5.91 Å². The average Bonchev–Trinajstić information content (AvgIpc) is 3.33. The van der Waals surface area contributed by atoms with E-state index in [0.717, 1.165) is 68.8 Å². The Hall–Kier alpha value is -3.52. The molecule has 2 aliphatic heterocycles. The number of carbonyl (C=O) groups excluding carboxylic acids is 1. The van der Waals surface area contributed by atoms with Crippen molar-refractivity contribution in [2.75, 3.05) is 42.9 Å². The summed E-state index contributed by atoms with van der Waals surface area (Å²) in [5, 5.41) is 3.30. The standard InChI is InChI=1S/C30H36FN5O2/c1-3-34(4-2)16-13-28(37)32-23-10-8-21(9-11-23)18-22-12-17-36-29(22)33-26-20-27(35-14-6-5-7-15-35)25(31)19-24(26)30(36)38/h8-11,18-20H,3-7,12-17H2,1-2H3,(H,32,37)/b22-18+. The minimum atomic E-state index is -0.354. The summed E-state index contributed by atoms with van der Waals surface area (Å²) in [6, 6.07) is 10.8. The summed E-state index contributed by atoms with van der Waals surface area (Å²) in [5.74, 6) is 0.295. The Bertz CT molecular complexity index is 1400. The second-order valence-corrected chi connectivity index (χ2v) is 10.1. The fourth-order valence-electron chi connectivity index (χ4n) is 5.43. The topological polar surface area (TPSA) is 70.5 Å². The second-order valence-electron chi connectivity index (χ2n) is 10.1. The maximum absolute atomic E-state index is 15.0.